The molecule has 0 heterocycles. The van der Waals surface area contributed by atoms with Crippen molar-refractivity contribution < 1.29 is 54.0 Å². The van der Waals surface area contributed by atoms with Crippen LogP contribution >= 0.6 is 0 Å². The van der Waals surface area contributed by atoms with Crippen LogP contribution in [-0.4, -0.2) is 111 Å². The smallest absolute Gasteiger partial charge is 0.328 e. The Hall–Kier alpha value is -6.37. The summed E-state index contributed by atoms with van der Waals surface area (Å²) in [5, 5.41) is 51.0. The molecule has 0 radical (unpaired) electrons. The van der Waals surface area contributed by atoms with Crippen molar-refractivity contribution in [3.63, 3.8) is 0 Å². The first kappa shape index (κ1) is 44.0. The third kappa shape index (κ3) is 14.1. The lowest BCUT2D eigenvalue weighted by Crippen LogP contribution is -2.62. The second-order valence-corrected chi connectivity index (χ2v) is 13.0. The Morgan fingerprint density at radius 3 is 1.50 bits per heavy atom. The molecule has 6 amide bonds. The minimum absolute atomic E-state index is 0.0940. The lowest BCUT2D eigenvalue weighted by atomic mass is 10.0. The number of phenolic OH excluding ortho intramolecular Hbond substituents is 1. The zero-order valence-corrected chi connectivity index (χ0v) is 30.5. The Balaban J connectivity index is 1.86. The first-order chi connectivity index (χ1) is 26.6. The Morgan fingerprint density at radius 1 is 0.589 bits per heavy atom. The first-order valence-electron chi connectivity index (χ1n) is 17.5. The molecular formula is C38H47N7O11. The molecule has 0 aromatic heterocycles. The van der Waals surface area contributed by atoms with Crippen molar-refractivity contribution in [1.29, 1.82) is 0 Å². The van der Waals surface area contributed by atoms with Gasteiger partial charge in [0, 0.05) is 12.8 Å². The maximum Gasteiger partial charge on any atom is 0.328 e. The summed E-state index contributed by atoms with van der Waals surface area (Å²) in [6, 6.07) is 13.5. The van der Waals surface area contributed by atoms with Crippen molar-refractivity contribution in [3.8, 4) is 5.75 Å². The molecule has 18 nitrogen and oxygen atoms in total. The second kappa shape index (κ2) is 21.5. The van der Waals surface area contributed by atoms with Crippen LogP contribution in [0.2, 0.25) is 0 Å². The van der Waals surface area contributed by atoms with Crippen molar-refractivity contribution in [2.45, 2.75) is 75.0 Å². The lowest BCUT2D eigenvalue weighted by molar-refractivity contribution is -0.143. The van der Waals surface area contributed by atoms with Crippen LogP contribution in [0, 0.1) is 0 Å². The van der Waals surface area contributed by atoms with Gasteiger partial charge in [-0.05, 0) is 42.2 Å². The highest BCUT2D eigenvalue weighted by Crippen LogP contribution is 2.13. The number of hydrogen-bond donors (Lipinski definition) is 11. The molecule has 13 N–H and O–H groups in total. The van der Waals surface area contributed by atoms with Gasteiger partial charge in [0.15, 0.2) is 0 Å². The van der Waals surface area contributed by atoms with E-state index in [2.05, 4.69) is 26.6 Å². The zero-order chi connectivity index (χ0) is 41.4. The van der Waals surface area contributed by atoms with Crippen LogP contribution in [0.5, 0.6) is 5.75 Å². The maximum absolute atomic E-state index is 13.9. The van der Waals surface area contributed by atoms with Crippen molar-refractivity contribution in [1.82, 2.24) is 26.6 Å². The molecule has 3 aromatic rings. The van der Waals surface area contributed by atoms with Crippen LogP contribution in [-0.2, 0) is 52.8 Å². The number of aliphatic carboxylic acids is 1. The summed E-state index contributed by atoms with van der Waals surface area (Å²) in [5.41, 5.74) is 13.2. The number of amides is 6. The molecular weight excluding hydrogens is 730 g/mol. The fourth-order valence-electron chi connectivity index (χ4n) is 5.44. The van der Waals surface area contributed by atoms with Gasteiger partial charge in [-0.15, -0.1) is 0 Å². The van der Waals surface area contributed by atoms with Crippen molar-refractivity contribution in [2.24, 2.45) is 11.5 Å². The van der Waals surface area contributed by atoms with Crippen LogP contribution in [0.1, 0.15) is 30.0 Å². The molecule has 0 unspecified atom stereocenters. The molecule has 0 spiro atoms. The Morgan fingerprint density at radius 2 is 1.02 bits per heavy atom. The largest absolute Gasteiger partial charge is 0.508 e. The van der Waals surface area contributed by atoms with E-state index in [1.165, 1.54) is 31.2 Å². The van der Waals surface area contributed by atoms with Crippen LogP contribution in [0.4, 0.5) is 0 Å². The number of aromatic hydroxyl groups is 1. The highest BCUT2D eigenvalue weighted by Gasteiger charge is 2.35. The van der Waals surface area contributed by atoms with E-state index in [0.717, 1.165) is 5.56 Å². The van der Waals surface area contributed by atoms with E-state index < -0.39 is 96.8 Å². The number of carboxylic acids is 1. The summed E-state index contributed by atoms with van der Waals surface area (Å²) in [7, 11) is 0. The molecule has 56 heavy (non-hydrogen) atoms. The Bertz CT molecular complexity index is 1810. The van der Waals surface area contributed by atoms with Gasteiger partial charge < -0.3 is 58.5 Å². The molecule has 0 fully saturated rings. The quantitative estimate of drug-likeness (QED) is 0.0535. The summed E-state index contributed by atoms with van der Waals surface area (Å²) in [4.78, 5) is 90.8. The van der Waals surface area contributed by atoms with E-state index >= 15 is 0 Å². The molecule has 0 bridgehead atoms. The number of nitrogens with one attached hydrogen (secondary N) is 5. The molecule has 300 valence electrons. The highest BCUT2D eigenvalue weighted by atomic mass is 16.4. The van der Waals surface area contributed by atoms with Crippen molar-refractivity contribution in [2.75, 3.05) is 6.61 Å². The van der Waals surface area contributed by atoms with Crippen molar-refractivity contribution >= 4 is 41.4 Å². The van der Waals surface area contributed by atoms with Crippen molar-refractivity contribution in [3.05, 3.63) is 102 Å². The number of carbonyl (C=O) groups is 7. The molecule has 0 saturated carbocycles. The standard InChI is InChI=1S/C38H47N7O11/c1-21(47)32(37(54)43-27(17-23-10-6-3-7-11-23)34(51)44-30(20-46)38(55)56)45-36(53)28(18-24-12-14-25(48)15-13-24)42-35(52)29(19-31(40)49)41-33(50)26(39)16-22-8-4-2-5-9-22/h2-15,21,26-30,32,46-48H,16-20,39H2,1H3,(H2,40,49)(H,41,50)(H,42,52)(H,43,54)(H,44,51)(H,45,53)(H,55,56)/t21-,26+,27+,28+,29+,30+,32+/m1/s1. The number of hydrogen-bond acceptors (Lipinski definition) is 11. The third-order valence-electron chi connectivity index (χ3n) is 8.46. The fraction of sp³-hybridized carbons (Fsp3) is 0.342. The summed E-state index contributed by atoms with van der Waals surface area (Å²) in [5.74, 6) is -7.47. The number of carboxylic acid groups (broad SMARTS) is 1. The number of phenols is 1. The second-order valence-electron chi connectivity index (χ2n) is 13.0. The SMILES string of the molecule is C[C@@H](O)[C@H](NC(=O)[C@H](Cc1ccc(O)cc1)NC(=O)[C@H](CC(N)=O)NC(=O)[C@@H](N)Cc1ccccc1)C(=O)N[C@@H](Cc1ccccc1)C(=O)N[C@@H](CO)C(=O)O. The molecule has 0 aliphatic heterocycles. The van der Waals surface area contributed by atoms with Crippen LogP contribution in [0.25, 0.3) is 0 Å². The molecule has 0 aliphatic carbocycles. The molecule has 0 saturated heterocycles. The fourth-order valence-corrected chi connectivity index (χ4v) is 5.44. The number of aliphatic hydroxyl groups excluding tert-OH is 2. The Kier molecular flexibility index (Phi) is 16.9. The van der Waals surface area contributed by atoms with Gasteiger partial charge in [-0.25, -0.2) is 4.79 Å². The number of aliphatic hydroxyl groups is 2. The van der Waals surface area contributed by atoms with Gasteiger partial charge in [0.1, 0.15) is 36.0 Å². The normalized spacial score (nSPS) is 14.6. The third-order valence-corrected chi connectivity index (χ3v) is 8.46. The van der Waals surface area contributed by atoms with E-state index in [-0.39, 0.29) is 25.0 Å². The van der Waals surface area contributed by atoms with Gasteiger partial charge in [-0.2, -0.15) is 0 Å². The average molecular weight is 778 g/mol. The minimum Gasteiger partial charge on any atom is -0.508 e. The molecule has 7 atom stereocenters. The van der Waals surface area contributed by atoms with Crippen LogP contribution in [0.3, 0.4) is 0 Å². The van der Waals surface area contributed by atoms with E-state index in [1.807, 2.05) is 0 Å². The number of benzene rings is 3. The summed E-state index contributed by atoms with van der Waals surface area (Å²) >= 11 is 0. The van der Waals surface area contributed by atoms with Crippen LogP contribution in [0.15, 0.2) is 84.9 Å². The van der Waals surface area contributed by atoms with Crippen LogP contribution < -0.4 is 38.1 Å². The number of carbonyl (C=O) groups excluding carboxylic acids is 6. The molecule has 3 rings (SSSR count). The monoisotopic (exact) mass is 777 g/mol. The molecule has 3 aromatic carbocycles. The zero-order valence-electron chi connectivity index (χ0n) is 30.5. The topological polar surface area (TPSA) is 313 Å². The number of primary amides is 1. The number of nitrogens with two attached hydrogens (primary N) is 2. The predicted molar refractivity (Wildman–Crippen MR) is 200 cm³/mol. The van der Waals surface area contributed by atoms with Gasteiger partial charge >= 0.3 is 5.97 Å². The molecule has 18 heteroatoms. The average Bonchev–Trinajstić information content (AvgIpc) is 3.16. The van der Waals surface area contributed by atoms with Gasteiger partial charge in [-0.3, -0.25) is 28.8 Å². The van der Waals surface area contributed by atoms with E-state index in [1.54, 1.807) is 60.7 Å². The maximum atomic E-state index is 13.9. The van der Waals surface area contributed by atoms with Gasteiger partial charge in [-0.1, -0.05) is 72.8 Å². The predicted octanol–water partition coefficient (Wildman–Crippen LogP) is -2.50. The van der Waals surface area contributed by atoms with E-state index in [9.17, 15) is 54.0 Å². The summed E-state index contributed by atoms with van der Waals surface area (Å²) < 4.78 is 0. The highest BCUT2D eigenvalue weighted by molar-refractivity contribution is 5.97. The van der Waals surface area contributed by atoms with E-state index in [0.29, 0.717) is 11.1 Å². The minimum atomic E-state index is -1.75. The van der Waals surface area contributed by atoms with Gasteiger partial charge in [0.25, 0.3) is 0 Å². The lowest BCUT2D eigenvalue weighted by Gasteiger charge is -2.28. The van der Waals surface area contributed by atoms with Gasteiger partial charge in [0.05, 0.1) is 25.2 Å². The van der Waals surface area contributed by atoms with E-state index in [4.69, 9.17) is 11.5 Å². The summed E-state index contributed by atoms with van der Waals surface area (Å²) in [6.07, 6.45) is -2.58. The van der Waals surface area contributed by atoms with Gasteiger partial charge in [0.2, 0.25) is 35.4 Å². The Labute approximate surface area is 322 Å². The first-order valence-corrected chi connectivity index (χ1v) is 17.5. The number of rotatable bonds is 21. The molecule has 0 aliphatic rings. The summed E-state index contributed by atoms with van der Waals surface area (Å²) in [6.45, 7) is 0.228.